The zero-order valence-corrected chi connectivity index (χ0v) is 18.5. The first-order valence-electron chi connectivity index (χ1n) is 9.04. The van der Waals surface area contributed by atoms with E-state index in [0.717, 1.165) is 17.8 Å². The molecule has 1 aliphatic rings. The second-order valence-electron chi connectivity index (χ2n) is 6.17. The van der Waals surface area contributed by atoms with Gasteiger partial charge in [-0.25, -0.2) is 9.18 Å². The van der Waals surface area contributed by atoms with Gasteiger partial charge >= 0.3 is 5.97 Å². The Labute approximate surface area is 192 Å². The molecule has 8 nitrogen and oxygen atoms in total. The van der Waals surface area contributed by atoms with Crippen molar-refractivity contribution in [1.29, 1.82) is 0 Å². The van der Waals surface area contributed by atoms with Crippen molar-refractivity contribution in [2.75, 3.05) is 14.2 Å². The standard InChI is InChI=1S/C21H17ClFN3O5S/c1-29-17-7-12(3-6-16(17)31-11-13-4-5-14(23)8-15(13)22)10-24-26-21-25-20(28)18(32-21)9-19(27)30-2/h3-10H,11H2,1-2H3,(H,25,26,28)/b18-9+,24-10?. The molecule has 3 rings (SSSR count). The summed E-state index contributed by atoms with van der Waals surface area (Å²) in [6.45, 7) is 0.134. The summed E-state index contributed by atoms with van der Waals surface area (Å²) in [4.78, 5) is 23.2. The summed E-state index contributed by atoms with van der Waals surface area (Å²) in [5.74, 6) is -0.601. The van der Waals surface area contributed by atoms with Crippen molar-refractivity contribution in [1.82, 2.24) is 5.32 Å². The number of rotatable bonds is 7. The first-order valence-corrected chi connectivity index (χ1v) is 10.2. The van der Waals surface area contributed by atoms with Crippen LogP contribution in [0.15, 0.2) is 57.6 Å². The van der Waals surface area contributed by atoms with E-state index in [1.54, 1.807) is 24.3 Å². The zero-order valence-electron chi connectivity index (χ0n) is 16.9. The normalized spacial score (nSPS) is 15.9. The Morgan fingerprint density at radius 2 is 2.03 bits per heavy atom. The second kappa shape index (κ2) is 10.8. The van der Waals surface area contributed by atoms with Crippen molar-refractivity contribution in [3.8, 4) is 11.5 Å². The molecule has 0 unspecified atom stereocenters. The van der Waals surface area contributed by atoms with Crippen LogP contribution in [0.3, 0.4) is 0 Å². The van der Waals surface area contributed by atoms with Crippen molar-refractivity contribution in [3.63, 3.8) is 0 Å². The fraction of sp³-hybridized carbons (Fsp3) is 0.143. The molecule has 0 aliphatic carbocycles. The monoisotopic (exact) mass is 477 g/mol. The predicted molar refractivity (Wildman–Crippen MR) is 120 cm³/mol. The summed E-state index contributed by atoms with van der Waals surface area (Å²) in [5.41, 5.74) is 1.30. The molecule has 0 atom stereocenters. The van der Waals surface area contributed by atoms with Crippen molar-refractivity contribution in [2.45, 2.75) is 6.61 Å². The van der Waals surface area contributed by atoms with Crippen molar-refractivity contribution in [2.24, 2.45) is 10.2 Å². The number of benzene rings is 2. The Balaban J connectivity index is 1.66. The number of nitrogens with zero attached hydrogens (tertiary/aromatic N) is 2. The van der Waals surface area contributed by atoms with Crippen LogP contribution in [0.4, 0.5) is 4.39 Å². The number of carbonyl (C=O) groups excluding carboxylic acids is 2. The molecular formula is C21H17ClFN3O5S. The van der Waals surface area contributed by atoms with Crippen LogP contribution in [0.25, 0.3) is 0 Å². The van der Waals surface area contributed by atoms with Crippen LogP contribution in [-0.4, -0.2) is 37.5 Å². The number of esters is 1. The van der Waals surface area contributed by atoms with Gasteiger partial charge in [0.2, 0.25) is 0 Å². The van der Waals surface area contributed by atoms with Gasteiger partial charge in [0.05, 0.1) is 30.4 Å². The van der Waals surface area contributed by atoms with E-state index in [1.807, 2.05) is 0 Å². The van der Waals surface area contributed by atoms with E-state index in [2.05, 4.69) is 20.3 Å². The Hall–Kier alpha value is -3.37. The van der Waals surface area contributed by atoms with Crippen LogP contribution in [0.1, 0.15) is 11.1 Å². The molecule has 1 aliphatic heterocycles. The minimum Gasteiger partial charge on any atom is -0.493 e. The first kappa shape index (κ1) is 23.3. The molecule has 11 heteroatoms. The van der Waals surface area contributed by atoms with Gasteiger partial charge in [-0.05, 0) is 47.7 Å². The number of ether oxygens (including phenoxy) is 3. The molecule has 0 radical (unpaired) electrons. The Morgan fingerprint density at radius 3 is 2.75 bits per heavy atom. The molecule has 2 aromatic rings. The van der Waals surface area contributed by atoms with E-state index in [1.165, 1.54) is 32.6 Å². The van der Waals surface area contributed by atoms with Crippen LogP contribution in [0, 0.1) is 5.82 Å². The molecule has 0 bridgehead atoms. The summed E-state index contributed by atoms with van der Waals surface area (Å²) < 4.78 is 28.8. The van der Waals surface area contributed by atoms with Crippen molar-refractivity contribution < 1.29 is 28.2 Å². The maximum atomic E-state index is 13.2. The number of amides is 1. The molecule has 1 fully saturated rings. The summed E-state index contributed by atoms with van der Waals surface area (Å²) in [7, 11) is 2.72. The zero-order chi connectivity index (χ0) is 23.1. The first-order chi connectivity index (χ1) is 15.4. The van der Waals surface area contributed by atoms with Gasteiger partial charge in [-0.3, -0.25) is 10.1 Å². The molecule has 0 saturated carbocycles. The highest BCUT2D eigenvalue weighted by Crippen LogP contribution is 2.29. The van der Waals surface area contributed by atoms with Crippen LogP contribution in [0.2, 0.25) is 5.02 Å². The molecule has 0 spiro atoms. The summed E-state index contributed by atoms with van der Waals surface area (Å²) in [5, 5.41) is 10.9. The van der Waals surface area contributed by atoms with Gasteiger partial charge < -0.3 is 14.2 Å². The summed E-state index contributed by atoms with van der Waals surface area (Å²) in [6, 6.07) is 9.19. The van der Waals surface area contributed by atoms with E-state index in [9.17, 15) is 14.0 Å². The van der Waals surface area contributed by atoms with Gasteiger partial charge in [-0.15, -0.1) is 5.10 Å². The molecule has 166 valence electrons. The van der Waals surface area contributed by atoms with Gasteiger partial charge in [0.15, 0.2) is 16.7 Å². The predicted octanol–water partition coefficient (Wildman–Crippen LogP) is 3.68. The van der Waals surface area contributed by atoms with E-state index < -0.39 is 17.7 Å². The van der Waals surface area contributed by atoms with Gasteiger partial charge in [-0.1, -0.05) is 17.7 Å². The average molecular weight is 478 g/mol. The lowest BCUT2D eigenvalue weighted by atomic mass is 10.2. The Bertz CT molecular complexity index is 1140. The van der Waals surface area contributed by atoms with Crippen molar-refractivity contribution in [3.05, 3.63) is 69.3 Å². The average Bonchev–Trinajstić information content (AvgIpc) is 3.12. The Morgan fingerprint density at radius 1 is 1.22 bits per heavy atom. The number of hydrogen-bond donors (Lipinski definition) is 1. The maximum absolute atomic E-state index is 13.2. The third kappa shape index (κ3) is 6.08. The van der Waals surface area contributed by atoms with E-state index in [-0.39, 0.29) is 21.7 Å². The highest BCUT2D eigenvalue weighted by atomic mass is 35.5. The highest BCUT2D eigenvalue weighted by Gasteiger charge is 2.25. The molecule has 0 aromatic heterocycles. The fourth-order valence-corrected chi connectivity index (χ4v) is 3.43. The van der Waals surface area contributed by atoms with Crippen LogP contribution in [-0.2, 0) is 20.9 Å². The minimum atomic E-state index is -0.636. The van der Waals surface area contributed by atoms with Crippen LogP contribution < -0.4 is 14.8 Å². The van der Waals surface area contributed by atoms with E-state index in [0.29, 0.717) is 22.6 Å². The third-order valence-corrected chi connectivity index (χ3v) is 5.29. The smallest absolute Gasteiger partial charge is 0.331 e. The number of amidine groups is 1. The molecule has 1 N–H and O–H groups in total. The van der Waals surface area contributed by atoms with Crippen molar-refractivity contribution >= 4 is 46.6 Å². The highest BCUT2D eigenvalue weighted by molar-refractivity contribution is 8.18. The fourth-order valence-electron chi connectivity index (χ4n) is 2.47. The topological polar surface area (TPSA) is 98.6 Å². The maximum Gasteiger partial charge on any atom is 0.331 e. The third-order valence-electron chi connectivity index (χ3n) is 4.04. The molecular weight excluding hydrogens is 461 g/mol. The number of thioether (sulfide) groups is 1. The molecule has 2 aromatic carbocycles. The second-order valence-corrected chi connectivity index (χ2v) is 7.61. The summed E-state index contributed by atoms with van der Waals surface area (Å²) in [6.07, 6.45) is 2.54. The van der Waals surface area contributed by atoms with Gasteiger partial charge in [-0.2, -0.15) is 5.10 Å². The van der Waals surface area contributed by atoms with Crippen LogP contribution >= 0.6 is 23.4 Å². The number of hydrogen-bond acceptors (Lipinski definition) is 8. The van der Waals surface area contributed by atoms with E-state index in [4.69, 9.17) is 21.1 Å². The number of methoxy groups -OCH3 is 2. The summed E-state index contributed by atoms with van der Waals surface area (Å²) >= 11 is 6.99. The lowest BCUT2D eigenvalue weighted by Crippen LogP contribution is -2.19. The van der Waals surface area contributed by atoms with Gasteiger partial charge in [0, 0.05) is 11.6 Å². The molecule has 1 heterocycles. The Kier molecular flexibility index (Phi) is 7.85. The van der Waals surface area contributed by atoms with E-state index >= 15 is 0 Å². The minimum absolute atomic E-state index is 0.134. The van der Waals surface area contributed by atoms with Gasteiger partial charge in [0.25, 0.3) is 5.91 Å². The lowest BCUT2D eigenvalue weighted by molar-refractivity contribution is -0.135. The molecule has 32 heavy (non-hydrogen) atoms. The lowest BCUT2D eigenvalue weighted by Gasteiger charge is -2.12. The largest absolute Gasteiger partial charge is 0.493 e. The molecule has 1 saturated heterocycles. The van der Waals surface area contributed by atoms with Gasteiger partial charge in [0.1, 0.15) is 12.4 Å². The quantitative estimate of drug-likeness (QED) is 0.283. The van der Waals surface area contributed by atoms with Crippen LogP contribution in [0.5, 0.6) is 11.5 Å². The number of nitrogens with one attached hydrogen (secondary N) is 1. The molecule has 1 amide bonds. The number of carbonyl (C=O) groups is 2. The number of halogens is 2. The SMILES string of the molecule is COC(=O)/C=C1/S/C(=N\N=Cc2ccc(OCc3ccc(F)cc3Cl)c(OC)c2)NC1=O.